The molecular weight excluding hydrogens is 1040 g/mol. The van der Waals surface area contributed by atoms with Gasteiger partial charge in [-0.25, -0.2) is 0 Å². The summed E-state index contributed by atoms with van der Waals surface area (Å²) in [5.41, 5.74) is 0. The lowest BCUT2D eigenvalue weighted by Gasteiger charge is -2.28. The Kier molecular flexibility index (Phi) is 61.9. The Balaban J connectivity index is 4.02. The van der Waals surface area contributed by atoms with E-state index in [4.69, 9.17) is 18.5 Å². The Hall–Kier alpha value is -2.03. The lowest BCUT2D eigenvalue weighted by molar-refractivity contribution is -0.870. The zero-order valence-corrected chi connectivity index (χ0v) is 55.8. The van der Waals surface area contributed by atoms with Crippen LogP contribution in [0.4, 0.5) is 0 Å². The van der Waals surface area contributed by atoms with Crippen LogP contribution in [0.2, 0.25) is 0 Å². The van der Waals surface area contributed by atoms with Gasteiger partial charge in [-0.05, 0) is 77.0 Å². The third kappa shape index (κ3) is 67.1. The number of allylic oxidation sites excluding steroid dienone is 8. The van der Waals surface area contributed by atoms with Crippen LogP contribution in [0, 0.1) is 0 Å². The molecule has 0 aromatic heterocycles. The van der Waals surface area contributed by atoms with E-state index in [1.54, 1.807) is 0 Å². The Morgan fingerprint density at radius 2 is 0.659 bits per heavy atom. The molecule has 0 bridgehead atoms. The van der Waals surface area contributed by atoms with Crippen molar-refractivity contribution in [3.63, 3.8) is 0 Å². The summed E-state index contributed by atoms with van der Waals surface area (Å²) in [5.74, 6) is -0.816. The molecule has 0 aliphatic heterocycles. The van der Waals surface area contributed by atoms with Gasteiger partial charge in [0.1, 0.15) is 19.8 Å². The molecule has 0 amide bonds. The molecule has 0 rings (SSSR count). The second kappa shape index (κ2) is 63.5. The van der Waals surface area contributed by atoms with Crippen LogP contribution in [0.15, 0.2) is 48.6 Å². The highest BCUT2D eigenvalue weighted by atomic mass is 31.2. The molecule has 82 heavy (non-hydrogen) atoms. The number of carbonyl (C=O) groups is 2. The van der Waals surface area contributed by atoms with E-state index in [-0.39, 0.29) is 32.0 Å². The highest BCUT2D eigenvalue weighted by Crippen LogP contribution is 2.38. The Morgan fingerprint density at radius 1 is 0.378 bits per heavy atom. The first kappa shape index (κ1) is 80.0. The van der Waals surface area contributed by atoms with Gasteiger partial charge in [0.15, 0.2) is 6.10 Å². The summed E-state index contributed by atoms with van der Waals surface area (Å²) in [7, 11) is 1.18. The van der Waals surface area contributed by atoms with E-state index in [9.17, 15) is 19.0 Å². The van der Waals surface area contributed by atoms with Gasteiger partial charge < -0.3 is 27.9 Å². The molecule has 0 aromatic rings. The normalized spacial score (nSPS) is 13.4. The second-order valence-electron chi connectivity index (χ2n) is 25.2. The summed E-state index contributed by atoms with van der Waals surface area (Å²) in [6.45, 7) is 4.29. The zero-order chi connectivity index (χ0) is 59.8. The molecule has 2 unspecified atom stereocenters. The third-order valence-corrected chi connectivity index (χ3v) is 16.8. The van der Waals surface area contributed by atoms with Gasteiger partial charge in [-0.3, -0.25) is 14.2 Å². The average Bonchev–Trinajstić information content (AvgIpc) is 3.46. The maximum absolute atomic E-state index is 12.9. The average molecular weight is 1170 g/mol. The number of carbonyl (C=O) groups excluding carboxylic acids is 2. The van der Waals surface area contributed by atoms with Crippen LogP contribution in [0.25, 0.3) is 0 Å². The summed E-state index contributed by atoms with van der Waals surface area (Å²) in [4.78, 5) is 38.1. The van der Waals surface area contributed by atoms with Crippen molar-refractivity contribution in [2.24, 2.45) is 0 Å². The summed E-state index contributed by atoms with van der Waals surface area (Å²) in [6.07, 6.45) is 81.9. The fourth-order valence-corrected chi connectivity index (χ4v) is 11.1. The number of hydrogen-bond acceptors (Lipinski definition) is 8. The number of rotatable bonds is 66. The zero-order valence-electron chi connectivity index (χ0n) is 55.0. The lowest BCUT2D eigenvalue weighted by atomic mass is 10.0. The summed E-state index contributed by atoms with van der Waals surface area (Å²) < 4.78 is 34.3. The van der Waals surface area contributed by atoms with E-state index in [1.165, 1.54) is 263 Å². The first-order valence-corrected chi connectivity index (χ1v) is 36.8. The Bertz CT molecular complexity index is 1520. The van der Waals surface area contributed by atoms with Crippen molar-refractivity contribution in [3.8, 4) is 0 Å². The van der Waals surface area contributed by atoms with E-state index >= 15 is 0 Å². The fourth-order valence-electron chi connectivity index (χ4n) is 10.4. The summed E-state index contributed by atoms with van der Waals surface area (Å²) >= 11 is 0. The minimum absolute atomic E-state index is 0.0293. The van der Waals surface area contributed by atoms with Crippen LogP contribution >= 0.6 is 7.82 Å². The van der Waals surface area contributed by atoms with E-state index < -0.39 is 26.5 Å². The highest BCUT2D eigenvalue weighted by Gasteiger charge is 2.22. The number of unbranched alkanes of at least 4 members (excludes halogenated alkanes) is 44. The number of hydrogen-bond donors (Lipinski definition) is 0. The SMILES string of the molecule is CCCCCCC/C=C\C/C=C\C/C=C\CCCCCCCCCCCCCCCCCCC(=O)OC(COC(=O)CCCCCCCCCCCCCCCCC/C=C\CCCCCCCCCC)COP(=O)([O-])OCC[N+](C)(C)C. The lowest BCUT2D eigenvalue weighted by Crippen LogP contribution is -2.37. The summed E-state index contributed by atoms with van der Waals surface area (Å²) in [5, 5.41) is 0. The number of nitrogens with zero attached hydrogens (tertiary/aromatic N) is 1. The van der Waals surface area contributed by atoms with E-state index in [0.717, 1.165) is 51.4 Å². The van der Waals surface area contributed by atoms with Gasteiger partial charge in [0.25, 0.3) is 7.82 Å². The van der Waals surface area contributed by atoms with Crippen molar-refractivity contribution < 1.29 is 42.1 Å². The quantitative estimate of drug-likeness (QED) is 0.0195. The third-order valence-electron chi connectivity index (χ3n) is 15.8. The monoisotopic (exact) mass is 1170 g/mol. The molecule has 0 saturated heterocycles. The molecule has 0 radical (unpaired) electrons. The van der Waals surface area contributed by atoms with Gasteiger partial charge in [-0.2, -0.15) is 0 Å². The van der Waals surface area contributed by atoms with Crippen LogP contribution < -0.4 is 4.89 Å². The van der Waals surface area contributed by atoms with Gasteiger partial charge in [0, 0.05) is 12.8 Å². The topological polar surface area (TPSA) is 111 Å². The largest absolute Gasteiger partial charge is 0.756 e. The van der Waals surface area contributed by atoms with Crippen molar-refractivity contribution in [2.45, 2.75) is 354 Å². The smallest absolute Gasteiger partial charge is 0.306 e. The molecule has 482 valence electrons. The Morgan fingerprint density at radius 3 is 0.988 bits per heavy atom. The minimum atomic E-state index is -4.64. The number of ether oxygens (including phenoxy) is 2. The van der Waals surface area contributed by atoms with Gasteiger partial charge >= 0.3 is 11.9 Å². The molecule has 0 N–H and O–H groups in total. The number of likely N-dealkylation sites (N-methyl/N-ethyl adjacent to an activating group) is 1. The summed E-state index contributed by atoms with van der Waals surface area (Å²) in [6, 6.07) is 0. The van der Waals surface area contributed by atoms with Crippen LogP contribution in [-0.4, -0.2) is 70.0 Å². The highest BCUT2D eigenvalue weighted by molar-refractivity contribution is 7.45. The van der Waals surface area contributed by atoms with Crippen molar-refractivity contribution in [2.75, 3.05) is 47.5 Å². The van der Waals surface area contributed by atoms with Crippen molar-refractivity contribution >= 4 is 19.8 Å². The standard InChI is InChI=1S/C72H136NO8P/c1-6-8-10-12-14-16-18-20-22-24-26-28-30-32-34-35-36-37-39-41-43-45-47-49-51-53-55-57-59-61-63-65-72(75)81-70(69-80-82(76,77)79-67-66-73(3,4)5)68-78-71(74)64-62-60-58-56-54-52-50-48-46-44-42-40-38-33-31-29-27-25-23-21-19-17-15-13-11-9-7-2/h18,20,24-27,30,32,70H,6-17,19,21-23,28-29,31,33-69H2,1-5H3/b20-18-,26-24-,27-25-,32-30-. The maximum Gasteiger partial charge on any atom is 0.306 e. The molecule has 0 heterocycles. The van der Waals surface area contributed by atoms with Crippen LogP contribution in [-0.2, 0) is 32.7 Å². The molecule has 0 aliphatic rings. The van der Waals surface area contributed by atoms with E-state index in [2.05, 4.69) is 62.5 Å². The number of esters is 2. The number of phosphoric ester groups is 1. The Labute approximate surface area is 509 Å². The second-order valence-corrected chi connectivity index (χ2v) is 26.7. The predicted octanol–water partition coefficient (Wildman–Crippen LogP) is 22.2. The van der Waals surface area contributed by atoms with Crippen LogP contribution in [0.3, 0.4) is 0 Å². The first-order chi connectivity index (χ1) is 40.0. The van der Waals surface area contributed by atoms with Crippen molar-refractivity contribution in [1.82, 2.24) is 0 Å². The molecule has 0 spiro atoms. The van der Waals surface area contributed by atoms with Gasteiger partial charge in [0.05, 0.1) is 27.7 Å². The van der Waals surface area contributed by atoms with Gasteiger partial charge in [0.2, 0.25) is 0 Å². The molecule has 0 fully saturated rings. The molecule has 0 aromatic carbocycles. The molecule has 10 heteroatoms. The van der Waals surface area contributed by atoms with E-state index in [1.807, 2.05) is 21.1 Å². The number of phosphoric acid groups is 1. The molecule has 2 atom stereocenters. The van der Waals surface area contributed by atoms with Gasteiger partial charge in [-0.15, -0.1) is 0 Å². The first-order valence-electron chi connectivity index (χ1n) is 35.3. The molecule has 0 saturated carbocycles. The minimum Gasteiger partial charge on any atom is -0.756 e. The molecule has 0 aliphatic carbocycles. The molecular formula is C72H136NO8P. The predicted molar refractivity (Wildman–Crippen MR) is 351 cm³/mol. The van der Waals surface area contributed by atoms with Crippen molar-refractivity contribution in [1.29, 1.82) is 0 Å². The number of quaternary nitrogens is 1. The van der Waals surface area contributed by atoms with Crippen LogP contribution in [0.5, 0.6) is 0 Å². The van der Waals surface area contributed by atoms with Crippen molar-refractivity contribution in [3.05, 3.63) is 48.6 Å². The van der Waals surface area contributed by atoms with E-state index in [0.29, 0.717) is 17.4 Å². The van der Waals surface area contributed by atoms with Crippen LogP contribution in [0.1, 0.15) is 348 Å². The van der Waals surface area contributed by atoms with Gasteiger partial charge in [-0.1, -0.05) is 306 Å². The fraction of sp³-hybridized carbons (Fsp3) is 0.861. The maximum atomic E-state index is 12.9. The molecule has 9 nitrogen and oxygen atoms in total.